The van der Waals surface area contributed by atoms with E-state index in [1.165, 1.54) is 225 Å². The molecule has 3 N–H and O–H groups in total. The molecule has 0 aliphatic rings. The molecule has 0 aromatic carbocycles. The first-order valence-corrected chi connectivity index (χ1v) is 28.8. The van der Waals surface area contributed by atoms with Crippen LogP contribution in [-0.2, 0) is 14.3 Å². The molecule has 0 radical (unpaired) electrons. The van der Waals surface area contributed by atoms with Crippen molar-refractivity contribution in [3.63, 3.8) is 0 Å². The Hall–Kier alpha value is -1.92. The van der Waals surface area contributed by atoms with Gasteiger partial charge in [-0.15, -0.1) is 0 Å². The Bertz CT molecular complexity index is 1060. The van der Waals surface area contributed by atoms with Gasteiger partial charge >= 0.3 is 5.97 Å². The van der Waals surface area contributed by atoms with E-state index in [0.29, 0.717) is 19.4 Å². The van der Waals surface area contributed by atoms with Gasteiger partial charge in [-0.05, 0) is 83.5 Å². The van der Waals surface area contributed by atoms with Crippen LogP contribution in [0.2, 0.25) is 0 Å². The van der Waals surface area contributed by atoms with E-state index >= 15 is 0 Å². The highest BCUT2D eigenvalue weighted by Gasteiger charge is 2.18. The van der Waals surface area contributed by atoms with Gasteiger partial charge in [0.25, 0.3) is 0 Å². The van der Waals surface area contributed by atoms with Gasteiger partial charge in [-0.25, -0.2) is 0 Å². The summed E-state index contributed by atoms with van der Waals surface area (Å²) >= 11 is 0. The van der Waals surface area contributed by atoms with E-state index in [2.05, 4.69) is 43.5 Å². The average molecular weight is 915 g/mol. The zero-order chi connectivity index (χ0) is 47.2. The number of allylic oxidation sites excluding steroid dienone is 5. The molecular weight excluding hydrogens is 803 g/mol. The Morgan fingerprint density at radius 1 is 0.415 bits per heavy atom. The van der Waals surface area contributed by atoms with Crippen molar-refractivity contribution < 1.29 is 24.5 Å². The first-order valence-electron chi connectivity index (χ1n) is 28.8. The third kappa shape index (κ3) is 51.3. The highest BCUT2D eigenvalue weighted by atomic mass is 16.5. The largest absolute Gasteiger partial charge is 0.466 e. The number of hydrogen-bond donors (Lipinski definition) is 3. The molecule has 2 atom stereocenters. The number of aliphatic hydroxyl groups excluding tert-OH is 2. The monoisotopic (exact) mass is 914 g/mol. The van der Waals surface area contributed by atoms with Gasteiger partial charge in [0.05, 0.1) is 25.4 Å². The number of ether oxygens (including phenoxy) is 1. The normalized spacial score (nSPS) is 12.9. The average Bonchev–Trinajstić information content (AvgIpc) is 3.31. The SMILES string of the molecule is CCCCCC/C=C\CCCCCCCC(=O)OCCCCCCCCCC/C=C\CCCCCCCCCC(=O)NC(CO)C(O)/C=C/CCCCCCCCCCCCCCCC. The van der Waals surface area contributed by atoms with E-state index in [-0.39, 0.29) is 18.5 Å². The number of nitrogens with one attached hydrogen (secondary N) is 1. The van der Waals surface area contributed by atoms with Crippen LogP contribution in [0, 0.1) is 0 Å². The Labute approximate surface area is 404 Å². The number of hydrogen-bond acceptors (Lipinski definition) is 5. The van der Waals surface area contributed by atoms with Gasteiger partial charge in [0.1, 0.15) is 0 Å². The van der Waals surface area contributed by atoms with Gasteiger partial charge < -0.3 is 20.3 Å². The third-order valence-corrected chi connectivity index (χ3v) is 13.1. The molecule has 6 nitrogen and oxygen atoms in total. The number of rotatable bonds is 53. The van der Waals surface area contributed by atoms with E-state index < -0.39 is 12.1 Å². The van der Waals surface area contributed by atoms with Crippen molar-refractivity contribution in [2.45, 2.75) is 315 Å². The molecule has 0 heterocycles. The Kier molecular flexibility index (Phi) is 53.1. The summed E-state index contributed by atoms with van der Waals surface area (Å²) in [5.41, 5.74) is 0. The fourth-order valence-electron chi connectivity index (χ4n) is 8.68. The van der Waals surface area contributed by atoms with E-state index in [9.17, 15) is 19.8 Å². The number of carbonyl (C=O) groups is 2. The fraction of sp³-hybridized carbons (Fsp3) is 0.864. The summed E-state index contributed by atoms with van der Waals surface area (Å²) < 4.78 is 5.46. The fourth-order valence-corrected chi connectivity index (χ4v) is 8.68. The van der Waals surface area contributed by atoms with Crippen LogP contribution in [-0.4, -0.2) is 47.4 Å². The van der Waals surface area contributed by atoms with E-state index in [1.54, 1.807) is 6.08 Å². The Balaban J connectivity index is 3.48. The van der Waals surface area contributed by atoms with Gasteiger partial charge in [-0.2, -0.15) is 0 Å². The predicted octanol–water partition coefficient (Wildman–Crippen LogP) is 17.6. The quantitative estimate of drug-likeness (QED) is 0.0321. The molecule has 65 heavy (non-hydrogen) atoms. The summed E-state index contributed by atoms with van der Waals surface area (Å²) in [6.07, 6.45) is 67.3. The van der Waals surface area contributed by atoms with Crippen molar-refractivity contribution in [2.75, 3.05) is 13.2 Å². The first kappa shape index (κ1) is 63.1. The molecule has 0 aromatic rings. The van der Waals surface area contributed by atoms with Crippen LogP contribution in [0.15, 0.2) is 36.5 Å². The summed E-state index contributed by atoms with van der Waals surface area (Å²) in [5.74, 6) is -0.0834. The van der Waals surface area contributed by atoms with Gasteiger partial charge in [-0.3, -0.25) is 9.59 Å². The number of unbranched alkanes of at least 4 members (excludes halogenated alkanes) is 38. The van der Waals surface area contributed by atoms with E-state index in [1.807, 2.05) is 6.08 Å². The van der Waals surface area contributed by atoms with Crippen molar-refractivity contribution in [1.29, 1.82) is 0 Å². The minimum Gasteiger partial charge on any atom is -0.466 e. The van der Waals surface area contributed by atoms with Crippen LogP contribution in [0.5, 0.6) is 0 Å². The molecule has 0 spiro atoms. The van der Waals surface area contributed by atoms with Crippen molar-refractivity contribution >= 4 is 11.9 Å². The minimum absolute atomic E-state index is 0.00634. The van der Waals surface area contributed by atoms with Crippen LogP contribution in [0.1, 0.15) is 303 Å². The zero-order valence-corrected chi connectivity index (χ0v) is 43.5. The van der Waals surface area contributed by atoms with Crippen molar-refractivity contribution in [3.8, 4) is 0 Å². The summed E-state index contributed by atoms with van der Waals surface area (Å²) in [7, 11) is 0. The molecule has 0 bridgehead atoms. The molecule has 0 saturated heterocycles. The van der Waals surface area contributed by atoms with Crippen molar-refractivity contribution in [3.05, 3.63) is 36.5 Å². The lowest BCUT2D eigenvalue weighted by molar-refractivity contribution is -0.143. The van der Waals surface area contributed by atoms with Gasteiger partial charge in [-0.1, -0.05) is 243 Å². The summed E-state index contributed by atoms with van der Waals surface area (Å²) in [6.45, 7) is 4.88. The molecule has 0 aliphatic heterocycles. The van der Waals surface area contributed by atoms with Gasteiger partial charge in [0, 0.05) is 12.8 Å². The summed E-state index contributed by atoms with van der Waals surface area (Å²) in [4.78, 5) is 24.5. The maximum atomic E-state index is 12.5. The highest BCUT2D eigenvalue weighted by Crippen LogP contribution is 2.16. The second-order valence-electron chi connectivity index (χ2n) is 19.6. The first-order chi connectivity index (χ1) is 32.0. The van der Waals surface area contributed by atoms with Crippen LogP contribution >= 0.6 is 0 Å². The molecule has 0 aliphatic carbocycles. The number of carbonyl (C=O) groups excluding carboxylic acids is 2. The number of aliphatic hydroxyl groups is 2. The van der Waals surface area contributed by atoms with Crippen LogP contribution < -0.4 is 5.32 Å². The topological polar surface area (TPSA) is 95.9 Å². The van der Waals surface area contributed by atoms with E-state index in [4.69, 9.17) is 4.74 Å². The molecular formula is C59H111NO5. The van der Waals surface area contributed by atoms with Gasteiger partial charge in [0.15, 0.2) is 0 Å². The lowest BCUT2D eigenvalue weighted by atomic mass is 10.0. The Morgan fingerprint density at radius 2 is 0.723 bits per heavy atom. The standard InChI is InChI=1S/C59H111NO5/c1-3-5-7-9-11-13-15-17-18-24-28-31-35-39-43-47-51-57(62)56(55-61)60-58(63)52-48-44-40-36-32-29-25-22-20-19-21-23-26-30-34-38-42-46-50-54-65-59(64)53-49-45-41-37-33-27-16-14-12-10-8-6-4-2/h14,16,19-20,47,51,56-57,61-62H,3-13,15,17-18,21-46,48-50,52-55H2,1-2H3,(H,60,63)/b16-14-,20-19-,51-47+. The minimum atomic E-state index is -0.851. The molecule has 0 rings (SSSR count). The molecule has 0 fully saturated rings. The van der Waals surface area contributed by atoms with Crippen LogP contribution in [0.25, 0.3) is 0 Å². The molecule has 2 unspecified atom stereocenters. The van der Waals surface area contributed by atoms with Crippen molar-refractivity contribution in [2.24, 2.45) is 0 Å². The molecule has 0 aromatic heterocycles. The lowest BCUT2D eigenvalue weighted by Gasteiger charge is -2.20. The molecule has 0 saturated carbocycles. The lowest BCUT2D eigenvalue weighted by Crippen LogP contribution is -2.45. The smallest absolute Gasteiger partial charge is 0.305 e. The molecule has 382 valence electrons. The highest BCUT2D eigenvalue weighted by molar-refractivity contribution is 5.76. The molecule has 1 amide bonds. The van der Waals surface area contributed by atoms with Crippen molar-refractivity contribution in [1.82, 2.24) is 5.32 Å². The Morgan fingerprint density at radius 3 is 1.11 bits per heavy atom. The van der Waals surface area contributed by atoms with Crippen LogP contribution in [0.3, 0.4) is 0 Å². The summed E-state index contributed by atoms with van der Waals surface area (Å²) in [5, 5.41) is 23.1. The maximum absolute atomic E-state index is 12.5. The van der Waals surface area contributed by atoms with Crippen LogP contribution in [0.4, 0.5) is 0 Å². The number of esters is 1. The molecule has 6 heteroatoms. The maximum Gasteiger partial charge on any atom is 0.305 e. The van der Waals surface area contributed by atoms with E-state index in [0.717, 1.165) is 51.4 Å². The zero-order valence-electron chi connectivity index (χ0n) is 43.5. The summed E-state index contributed by atoms with van der Waals surface area (Å²) in [6, 6.07) is -0.635. The second kappa shape index (κ2) is 54.7. The van der Waals surface area contributed by atoms with Gasteiger partial charge in [0.2, 0.25) is 5.91 Å². The predicted molar refractivity (Wildman–Crippen MR) is 283 cm³/mol. The third-order valence-electron chi connectivity index (χ3n) is 13.1. The second-order valence-corrected chi connectivity index (χ2v) is 19.6. The number of amides is 1.